The number of nitrogens with two attached hydrogens (primary N) is 1. The second-order valence-electron chi connectivity index (χ2n) is 4.33. The Labute approximate surface area is 91.9 Å². The number of hydrogen-bond donors (Lipinski definition) is 2. The van der Waals surface area contributed by atoms with Crippen LogP contribution in [0.25, 0.3) is 0 Å². The van der Waals surface area contributed by atoms with Crippen molar-refractivity contribution >= 4 is 26.6 Å². The Morgan fingerprint density at radius 2 is 1.86 bits per heavy atom. The summed E-state index contributed by atoms with van der Waals surface area (Å²) in [7, 11) is -3.84. The third kappa shape index (κ3) is 6.87. The van der Waals surface area contributed by atoms with Crippen molar-refractivity contribution in [3.63, 3.8) is 0 Å². The smallest absolute Gasteiger partial charge is 0.310 e. The summed E-state index contributed by atoms with van der Waals surface area (Å²) in [5.74, 6) is 0. The fourth-order valence-electron chi connectivity index (χ4n) is 1.45. The van der Waals surface area contributed by atoms with Gasteiger partial charge in [0.05, 0.1) is 0 Å². The van der Waals surface area contributed by atoms with E-state index in [9.17, 15) is 0 Å². The van der Waals surface area contributed by atoms with Gasteiger partial charge in [-0.25, -0.2) is 0 Å². The van der Waals surface area contributed by atoms with E-state index < -0.39 is 16.9 Å². The summed E-state index contributed by atoms with van der Waals surface area (Å²) in [5.41, 5.74) is 5.40. The average Bonchev–Trinajstić information content (AvgIpc) is 1.98. The Hall–Kier alpha value is 0.491. The fraction of sp³-hybridized carbons (Fsp3) is 1.00. The van der Waals surface area contributed by atoms with Gasteiger partial charge in [-0.1, -0.05) is 6.55 Å². The van der Waals surface area contributed by atoms with Gasteiger partial charge >= 0.3 is 8.56 Å². The maximum atomic E-state index is 6.14. The van der Waals surface area contributed by atoms with Crippen LogP contribution in [0.1, 0.15) is 0 Å². The topological polar surface area (TPSA) is 56.5 Å². The lowest BCUT2D eigenvalue weighted by atomic mass is 11.1. The van der Waals surface area contributed by atoms with E-state index in [0.29, 0.717) is 6.67 Å². The Morgan fingerprint density at radius 3 is 2.29 bits per heavy atom. The second kappa shape index (κ2) is 6.16. The third-order valence-electron chi connectivity index (χ3n) is 1.71. The first kappa shape index (κ1) is 14.5. The van der Waals surface area contributed by atoms with E-state index in [1.54, 1.807) is 0 Å². The van der Waals surface area contributed by atoms with Crippen molar-refractivity contribution in [3.05, 3.63) is 0 Å². The normalized spacial score (nSPS) is 14.1. The predicted molar refractivity (Wildman–Crippen MR) is 68.6 cm³/mol. The van der Waals surface area contributed by atoms with Crippen LogP contribution in [0.4, 0.5) is 0 Å². The van der Waals surface area contributed by atoms with Crippen LogP contribution in [0.3, 0.4) is 0 Å². The molecule has 0 heterocycles. The van der Waals surface area contributed by atoms with Gasteiger partial charge in [-0.05, 0) is 26.2 Å². The minimum atomic E-state index is -1.85. The second-order valence-corrected chi connectivity index (χ2v) is 13.5. The van der Waals surface area contributed by atoms with Crippen LogP contribution in [0.15, 0.2) is 0 Å². The van der Waals surface area contributed by atoms with Crippen LogP contribution in [0.5, 0.6) is 0 Å². The minimum absolute atomic E-state index is 0.364. The molecule has 0 amide bonds. The molecule has 0 unspecified atom stereocenters. The van der Waals surface area contributed by atoms with E-state index in [1.165, 1.54) is 0 Å². The van der Waals surface area contributed by atoms with Crippen molar-refractivity contribution in [3.8, 4) is 0 Å². The lowest BCUT2D eigenvalue weighted by Crippen LogP contribution is -2.53. The predicted octanol–water partition coefficient (Wildman–Crippen LogP) is 0.103. The highest BCUT2D eigenvalue weighted by molar-refractivity contribution is 6.83. The van der Waals surface area contributed by atoms with Gasteiger partial charge in [0.15, 0.2) is 8.32 Å². The van der Waals surface area contributed by atoms with Crippen molar-refractivity contribution in [2.45, 2.75) is 32.7 Å². The summed E-state index contributed by atoms with van der Waals surface area (Å²) in [4.78, 5) is 0. The van der Waals surface area contributed by atoms with Crippen molar-refractivity contribution in [1.82, 2.24) is 5.32 Å². The molecule has 14 heavy (non-hydrogen) atoms. The monoisotopic (exact) mass is 252 g/mol. The maximum absolute atomic E-state index is 6.14. The van der Waals surface area contributed by atoms with E-state index >= 15 is 0 Å². The first-order valence-corrected chi connectivity index (χ1v) is 13.0. The lowest BCUT2D eigenvalue weighted by molar-refractivity contribution is 0.406. The first-order valence-electron chi connectivity index (χ1n) is 5.08. The van der Waals surface area contributed by atoms with Gasteiger partial charge in [0.1, 0.15) is 9.76 Å². The molecule has 0 bridgehead atoms. The molecular weight excluding hydrogens is 228 g/mol. The molecule has 0 atom stereocenters. The van der Waals surface area contributed by atoms with Gasteiger partial charge in [0.2, 0.25) is 0 Å². The zero-order valence-electron chi connectivity index (χ0n) is 10.0. The molecule has 0 aliphatic carbocycles. The highest BCUT2D eigenvalue weighted by Gasteiger charge is 2.33. The van der Waals surface area contributed by atoms with Crippen LogP contribution in [0, 0.1) is 0 Å². The molecule has 0 rings (SSSR count). The molecule has 0 spiro atoms. The van der Waals surface area contributed by atoms with E-state index in [-0.39, 0.29) is 9.76 Å². The van der Waals surface area contributed by atoms with Gasteiger partial charge in [0.25, 0.3) is 0 Å². The molecule has 0 aromatic heterocycles. The highest BCUT2D eigenvalue weighted by Crippen LogP contribution is 2.14. The van der Waals surface area contributed by atoms with Crippen LogP contribution in [-0.4, -0.2) is 39.5 Å². The average molecular weight is 253 g/mol. The Kier molecular flexibility index (Phi) is 6.37. The van der Waals surface area contributed by atoms with Crippen LogP contribution in [0.2, 0.25) is 32.7 Å². The van der Waals surface area contributed by atoms with E-state index in [1.807, 2.05) is 0 Å². The van der Waals surface area contributed by atoms with Crippen molar-refractivity contribution in [1.29, 1.82) is 0 Å². The minimum Gasteiger partial charge on any atom is -0.442 e. The van der Waals surface area contributed by atoms with Crippen LogP contribution >= 0.6 is 0 Å². The molecule has 0 radical (unpaired) electrons. The van der Waals surface area contributed by atoms with E-state index in [4.69, 9.17) is 14.0 Å². The molecule has 0 fully saturated rings. The molecule has 4 nitrogen and oxygen atoms in total. The van der Waals surface area contributed by atoms with Gasteiger partial charge in [-0.2, -0.15) is 0 Å². The molecule has 3 N–H and O–H groups in total. The summed E-state index contributed by atoms with van der Waals surface area (Å²) in [6.45, 7) is 11.3. The van der Waals surface area contributed by atoms with Crippen molar-refractivity contribution in [2.24, 2.45) is 5.73 Å². The molecule has 0 saturated heterocycles. The maximum Gasteiger partial charge on any atom is 0.310 e. The van der Waals surface area contributed by atoms with Gasteiger partial charge in [-0.15, -0.1) is 0 Å². The number of hydrogen-bond acceptors (Lipinski definition) is 4. The summed E-state index contributed by atoms with van der Waals surface area (Å²) in [6.07, 6.45) is 0.897. The zero-order chi connectivity index (χ0) is 11.2. The standard InChI is InChI=1S/C7H24N2O2Si3/c1-12-10-14(4,5)11-13(2,3)7-9-6-8/h9H,6-8,12H2,1-5H3. The Morgan fingerprint density at radius 1 is 1.29 bits per heavy atom. The first-order chi connectivity index (χ1) is 6.33. The molecule has 86 valence electrons. The van der Waals surface area contributed by atoms with Crippen LogP contribution in [-0.2, 0) is 8.23 Å². The lowest BCUT2D eigenvalue weighted by Gasteiger charge is -2.33. The zero-order valence-corrected chi connectivity index (χ0v) is 13.4. The molecule has 7 heteroatoms. The number of nitrogens with one attached hydrogen (secondary N) is 1. The molecule has 0 saturated carbocycles. The highest BCUT2D eigenvalue weighted by atomic mass is 28.5. The summed E-state index contributed by atoms with van der Waals surface area (Å²) in [6, 6.07) is 0. The molecular formula is C7H24N2O2Si3. The summed E-state index contributed by atoms with van der Waals surface area (Å²) < 4.78 is 11.9. The fourth-order valence-corrected chi connectivity index (χ4v) is 11.4. The quantitative estimate of drug-likeness (QED) is 0.499. The largest absolute Gasteiger partial charge is 0.442 e. The molecule has 0 aromatic carbocycles. The van der Waals surface area contributed by atoms with Gasteiger partial charge in [-0.3, -0.25) is 0 Å². The molecule has 0 aromatic rings. The van der Waals surface area contributed by atoms with E-state index in [0.717, 1.165) is 6.17 Å². The Balaban J connectivity index is 4.05. The molecule has 0 aliphatic rings. The third-order valence-corrected chi connectivity index (χ3v) is 10.9. The SMILES string of the molecule is C[SiH2]O[Si](C)(C)O[Si](C)(C)CNCN. The van der Waals surface area contributed by atoms with Crippen molar-refractivity contribution < 1.29 is 8.23 Å². The summed E-state index contributed by atoms with van der Waals surface area (Å²) in [5, 5.41) is 3.15. The van der Waals surface area contributed by atoms with Gasteiger partial charge < -0.3 is 19.3 Å². The van der Waals surface area contributed by atoms with E-state index in [2.05, 4.69) is 38.1 Å². The number of rotatable bonds is 7. The summed E-state index contributed by atoms with van der Waals surface area (Å²) >= 11 is 0. The van der Waals surface area contributed by atoms with Crippen molar-refractivity contribution in [2.75, 3.05) is 12.8 Å². The van der Waals surface area contributed by atoms with Crippen LogP contribution < -0.4 is 11.1 Å². The van der Waals surface area contributed by atoms with Gasteiger partial charge in [0, 0.05) is 12.8 Å². The molecule has 0 aliphatic heterocycles. The Bertz CT molecular complexity index is 167.